The summed E-state index contributed by atoms with van der Waals surface area (Å²) < 4.78 is 25.9. The third kappa shape index (κ3) is 1.23. The highest BCUT2D eigenvalue weighted by Crippen LogP contribution is 2.37. The van der Waals surface area contributed by atoms with E-state index >= 15 is 0 Å². The summed E-state index contributed by atoms with van der Waals surface area (Å²) in [6, 6.07) is 2.08. The lowest BCUT2D eigenvalue weighted by molar-refractivity contribution is 0.132. The fourth-order valence-corrected chi connectivity index (χ4v) is 1.84. The number of aliphatic hydroxyl groups is 1. The molecule has 0 fully saturated rings. The first-order valence-electron chi connectivity index (χ1n) is 4.25. The summed E-state index contributed by atoms with van der Waals surface area (Å²) in [7, 11) is 0. The number of hydrogen-bond acceptors (Lipinski definition) is 1. The van der Waals surface area contributed by atoms with E-state index in [-0.39, 0.29) is 5.92 Å². The Bertz CT molecular complexity index is 349. The van der Waals surface area contributed by atoms with Gasteiger partial charge in [-0.15, -0.1) is 0 Å². The number of rotatable bonds is 0. The number of fused-ring (bicyclic) bond motifs is 1. The molecule has 1 aromatic rings. The molecule has 0 bridgehead atoms. The molecule has 2 rings (SSSR count). The number of hydrogen-bond donors (Lipinski definition) is 1. The second-order valence-electron chi connectivity index (χ2n) is 3.58. The van der Waals surface area contributed by atoms with Crippen molar-refractivity contribution in [1.29, 1.82) is 0 Å². The Morgan fingerprint density at radius 3 is 2.77 bits per heavy atom. The first-order valence-corrected chi connectivity index (χ1v) is 4.25. The lowest BCUT2D eigenvalue weighted by atomic mass is 10.1. The maximum absolute atomic E-state index is 13.1. The van der Waals surface area contributed by atoms with E-state index < -0.39 is 17.7 Å². The summed E-state index contributed by atoms with van der Waals surface area (Å²) in [4.78, 5) is 0. The molecule has 1 aliphatic rings. The Morgan fingerprint density at radius 2 is 2.08 bits per heavy atom. The zero-order chi connectivity index (χ0) is 9.59. The summed E-state index contributed by atoms with van der Waals surface area (Å²) in [6.07, 6.45) is -0.233. The second kappa shape index (κ2) is 2.77. The molecule has 1 nitrogen and oxygen atoms in total. The molecule has 13 heavy (non-hydrogen) atoms. The van der Waals surface area contributed by atoms with Crippen LogP contribution in [0.5, 0.6) is 0 Å². The van der Waals surface area contributed by atoms with Gasteiger partial charge in [-0.05, 0) is 29.5 Å². The molecular formula is C10H10F2O. The van der Waals surface area contributed by atoms with Crippen molar-refractivity contribution in [3.63, 3.8) is 0 Å². The first kappa shape index (κ1) is 8.63. The molecule has 0 spiro atoms. The number of aliphatic hydroxyl groups excluding tert-OH is 1. The van der Waals surface area contributed by atoms with E-state index in [1.807, 2.05) is 6.92 Å². The van der Waals surface area contributed by atoms with Gasteiger partial charge in [-0.1, -0.05) is 6.92 Å². The fourth-order valence-electron chi connectivity index (χ4n) is 1.84. The number of benzene rings is 1. The Kier molecular flexibility index (Phi) is 1.84. The second-order valence-corrected chi connectivity index (χ2v) is 3.58. The van der Waals surface area contributed by atoms with Gasteiger partial charge >= 0.3 is 0 Å². The van der Waals surface area contributed by atoms with Gasteiger partial charge in [0, 0.05) is 6.07 Å². The highest BCUT2D eigenvalue weighted by molar-refractivity contribution is 5.36. The highest BCUT2D eigenvalue weighted by atomic mass is 19.1. The van der Waals surface area contributed by atoms with Crippen molar-refractivity contribution < 1.29 is 13.9 Å². The largest absolute Gasteiger partial charge is 0.388 e. The molecule has 3 heteroatoms. The van der Waals surface area contributed by atoms with Crippen LogP contribution in [0.25, 0.3) is 0 Å². The third-order valence-electron chi connectivity index (χ3n) is 2.58. The minimum absolute atomic E-state index is 0.0219. The van der Waals surface area contributed by atoms with Crippen LogP contribution in [0.2, 0.25) is 0 Å². The molecule has 1 aliphatic carbocycles. The quantitative estimate of drug-likeness (QED) is 0.655. The Labute approximate surface area is 75.0 Å². The van der Waals surface area contributed by atoms with Gasteiger partial charge < -0.3 is 5.11 Å². The number of halogens is 2. The SMILES string of the molecule is CC1Cc2c(F)cc(F)cc2C1O. The molecule has 1 N–H and O–H groups in total. The summed E-state index contributed by atoms with van der Waals surface area (Å²) in [5.41, 5.74) is 0.867. The first-order chi connectivity index (χ1) is 6.09. The smallest absolute Gasteiger partial charge is 0.129 e. The lowest BCUT2D eigenvalue weighted by Crippen LogP contribution is -2.01. The van der Waals surface area contributed by atoms with E-state index in [0.717, 1.165) is 6.07 Å². The molecule has 1 aromatic carbocycles. The molecule has 0 heterocycles. The van der Waals surface area contributed by atoms with Crippen molar-refractivity contribution in [2.45, 2.75) is 19.4 Å². The Morgan fingerprint density at radius 1 is 1.38 bits per heavy atom. The van der Waals surface area contributed by atoms with Crippen LogP contribution < -0.4 is 0 Å². The van der Waals surface area contributed by atoms with Gasteiger partial charge in [0.15, 0.2) is 0 Å². The van der Waals surface area contributed by atoms with E-state index in [0.29, 0.717) is 17.5 Å². The van der Waals surface area contributed by atoms with Crippen molar-refractivity contribution in [3.05, 3.63) is 34.9 Å². The lowest BCUT2D eigenvalue weighted by Gasteiger charge is -2.07. The average molecular weight is 184 g/mol. The fraction of sp³-hybridized carbons (Fsp3) is 0.400. The van der Waals surface area contributed by atoms with Gasteiger partial charge in [0.1, 0.15) is 11.6 Å². The predicted molar refractivity (Wildman–Crippen MR) is 44.2 cm³/mol. The zero-order valence-corrected chi connectivity index (χ0v) is 7.22. The van der Waals surface area contributed by atoms with Crippen LogP contribution in [0.15, 0.2) is 12.1 Å². The van der Waals surface area contributed by atoms with Crippen LogP contribution in [0.1, 0.15) is 24.2 Å². The molecular weight excluding hydrogens is 174 g/mol. The minimum atomic E-state index is -0.722. The predicted octanol–water partition coefficient (Wildman–Crippen LogP) is 2.19. The van der Waals surface area contributed by atoms with Crippen LogP contribution in [0.4, 0.5) is 8.78 Å². The summed E-state index contributed by atoms with van der Waals surface area (Å²) in [5, 5.41) is 9.57. The molecule has 2 unspecified atom stereocenters. The highest BCUT2D eigenvalue weighted by Gasteiger charge is 2.30. The molecule has 0 saturated heterocycles. The van der Waals surface area contributed by atoms with Gasteiger partial charge in [-0.3, -0.25) is 0 Å². The molecule has 0 radical (unpaired) electrons. The monoisotopic (exact) mass is 184 g/mol. The summed E-state index contributed by atoms with van der Waals surface area (Å²) in [5.74, 6) is -1.19. The van der Waals surface area contributed by atoms with E-state index in [1.165, 1.54) is 6.07 Å². The molecule has 0 saturated carbocycles. The van der Waals surface area contributed by atoms with Crippen LogP contribution in [0, 0.1) is 17.6 Å². The van der Waals surface area contributed by atoms with Crippen LogP contribution in [0.3, 0.4) is 0 Å². The maximum Gasteiger partial charge on any atom is 0.129 e. The van der Waals surface area contributed by atoms with Crippen molar-refractivity contribution in [1.82, 2.24) is 0 Å². The average Bonchev–Trinajstić information content (AvgIpc) is 2.32. The van der Waals surface area contributed by atoms with E-state index in [4.69, 9.17) is 0 Å². The van der Waals surface area contributed by atoms with Gasteiger partial charge in [0.05, 0.1) is 6.10 Å². The topological polar surface area (TPSA) is 20.2 Å². The van der Waals surface area contributed by atoms with E-state index in [9.17, 15) is 13.9 Å². The molecule has 70 valence electrons. The van der Waals surface area contributed by atoms with Crippen molar-refractivity contribution in [2.75, 3.05) is 0 Å². The van der Waals surface area contributed by atoms with Crippen LogP contribution in [-0.2, 0) is 6.42 Å². The Balaban J connectivity index is 2.57. The molecule has 2 atom stereocenters. The van der Waals surface area contributed by atoms with E-state index in [1.54, 1.807) is 0 Å². The van der Waals surface area contributed by atoms with Gasteiger partial charge in [0.2, 0.25) is 0 Å². The van der Waals surface area contributed by atoms with Crippen molar-refractivity contribution in [2.24, 2.45) is 5.92 Å². The zero-order valence-electron chi connectivity index (χ0n) is 7.22. The standard InChI is InChI=1S/C10H10F2O/c1-5-2-7-8(10(5)13)3-6(11)4-9(7)12/h3-5,10,13H,2H2,1H3. The van der Waals surface area contributed by atoms with Crippen molar-refractivity contribution >= 4 is 0 Å². The Hall–Kier alpha value is -0.960. The molecule has 0 aliphatic heterocycles. The van der Waals surface area contributed by atoms with Gasteiger partial charge in [-0.2, -0.15) is 0 Å². The van der Waals surface area contributed by atoms with Crippen LogP contribution >= 0.6 is 0 Å². The van der Waals surface area contributed by atoms with Gasteiger partial charge in [0.25, 0.3) is 0 Å². The summed E-state index contributed by atoms with van der Waals surface area (Å²) in [6.45, 7) is 1.82. The minimum Gasteiger partial charge on any atom is -0.388 e. The molecule has 0 aromatic heterocycles. The third-order valence-corrected chi connectivity index (χ3v) is 2.58. The summed E-state index contributed by atoms with van der Waals surface area (Å²) >= 11 is 0. The molecule has 0 amide bonds. The van der Waals surface area contributed by atoms with Gasteiger partial charge in [-0.25, -0.2) is 8.78 Å². The van der Waals surface area contributed by atoms with Crippen LogP contribution in [-0.4, -0.2) is 5.11 Å². The van der Waals surface area contributed by atoms with E-state index in [2.05, 4.69) is 0 Å². The normalized spacial score (nSPS) is 26.2. The maximum atomic E-state index is 13.1. The van der Waals surface area contributed by atoms with Crippen molar-refractivity contribution in [3.8, 4) is 0 Å².